The van der Waals surface area contributed by atoms with Crippen molar-refractivity contribution in [2.24, 2.45) is 5.16 Å². The van der Waals surface area contributed by atoms with E-state index in [4.69, 9.17) is 10.1 Å². The van der Waals surface area contributed by atoms with Gasteiger partial charge in [-0.15, -0.1) is 11.8 Å². The van der Waals surface area contributed by atoms with Crippen molar-refractivity contribution >= 4 is 47.2 Å². The number of rotatable bonds is 10. The fourth-order valence-electron chi connectivity index (χ4n) is 4.33. The number of amides is 3. The molecule has 0 aromatic carbocycles. The quantitative estimate of drug-likeness (QED) is 0.0673. The Kier molecular flexibility index (Phi) is 10.3. The number of aromatic nitrogens is 2. The number of carboxylic acid groups (broad SMARTS) is 1. The molecule has 2 aliphatic rings. The minimum atomic E-state index is -1.46. The van der Waals surface area contributed by atoms with E-state index in [1.807, 2.05) is 18.2 Å². The molecule has 2 aliphatic heterocycles. The number of nitriles is 1. The minimum Gasteiger partial charge on any atom is -0.543 e. The Hall–Kier alpha value is -4.90. The number of carbonyl (C=O) groups excluding carboxylic acids is 4. The van der Waals surface area contributed by atoms with Crippen LogP contribution in [0.2, 0.25) is 0 Å². The third kappa shape index (κ3) is 6.69. The van der Waals surface area contributed by atoms with Gasteiger partial charge in [0.1, 0.15) is 23.7 Å². The number of carboxylic acids is 1. The highest BCUT2D eigenvalue weighted by Gasteiger charge is 2.53. The van der Waals surface area contributed by atoms with E-state index in [0.717, 1.165) is 11.1 Å². The Balaban J connectivity index is 0.00000484. The van der Waals surface area contributed by atoms with E-state index in [2.05, 4.69) is 20.8 Å². The first-order valence-electron chi connectivity index (χ1n) is 12.6. The van der Waals surface area contributed by atoms with Gasteiger partial charge in [-0.05, 0) is 38.5 Å². The molecule has 1 saturated heterocycles. The molecule has 13 nitrogen and oxygen atoms in total. The maximum atomic E-state index is 12.9. The van der Waals surface area contributed by atoms with Gasteiger partial charge < -0.3 is 25.0 Å². The number of hydrogen-bond donors (Lipinski definition) is 3. The number of aromatic amines is 1. The summed E-state index contributed by atoms with van der Waals surface area (Å²) in [5.41, 5.74) is 3.18. The van der Waals surface area contributed by atoms with E-state index in [-0.39, 0.29) is 25.4 Å². The predicted octanol–water partition coefficient (Wildman–Crippen LogP) is 0.422. The van der Waals surface area contributed by atoms with Crippen LogP contribution in [0.1, 0.15) is 33.9 Å². The van der Waals surface area contributed by atoms with Crippen LogP contribution in [0, 0.1) is 11.5 Å². The minimum absolute atomic E-state index is 0. The Bertz CT molecular complexity index is 1520. The summed E-state index contributed by atoms with van der Waals surface area (Å²) in [6.07, 6.45) is 8.60. The zero-order valence-electron chi connectivity index (χ0n) is 22.5. The Morgan fingerprint density at radius 2 is 2.00 bits per heavy atom. The lowest BCUT2D eigenvalue weighted by molar-refractivity contribution is -0.689. The van der Waals surface area contributed by atoms with Crippen LogP contribution in [0.3, 0.4) is 0 Å². The largest absolute Gasteiger partial charge is 0.543 e. The van der Waals surface area contributed by atoms with Crippen LogP contribution in [0.15, 0.2) is 58.8 Å². The zero-order valence-corrected chi connectivity index (χ0v) is 23.3. The van der Waals surface area contributed by atoms with Gasteiger partial charge >= 0.3 is 0 Å². The summed E-state index contributed by atoms with van der Waals surface area (Å²) in [6, 6.07) is 4.69. The van der Waals surface area contributed by atoms with Crippen molar-refractivity contribution in [2.45, 2.75) is 46.2 Å². The molecule has 2 aromatic heterocycles. The first-order chi connectivity index (χ1) is 19.6. The number of fused-ring (bicyclic) bond motifs is 1. The molecule has 0 bridgehead atoms. The number of pyridine rings is 1. The summed E-state index contributed by atoms with van der Waals surface area (Å²) in [4.78, 5) is 58.2. The normalized spacial score (nSPS) is 18.2. The fraction of sp³-hybridized carbons (Fsp3) is 0.321. The van der Waals surface area contributed by atoms with Crippen LogP contribution < -0.4 is 20.3 Å². The van der Waals surface area contributed by atoms with Crippen molar-refractivity contribution < 1.29 is 33.7 Å². The molecule has 0 saturated carbocycles. The molecule has 2 unspecified atom stereocenters. The second-order valence-corrected chi connectivity index (χ2v) is 10.3. The molecule has 3 amide bonds. The monoisotopic (exact) mass is 593 g/mol. The molecule has 0 spiro atoms. The third-order valence-electron chi connectivity index (χ3n) is 6.39. The first-order valence-corrected chi connectivity index (χ1v) is 13.6. The van der Waals surface area contributed by atoms with Gasteiger partial charge in [0.15, 0.2) is 25.1 Å². The standard InChI is InChI=1S/C27H27N7O6S.CH4/c1-4-40-32-16(3)24(36)31-21-25(37)34-22(27(38)39)19(13-41-26(21)34)12-33-7-5-17(6-8-33)18-10-20(29-11-18)9-15(2)23(35)30-14-28;/h5-11,21,26H,4,12-13H2,1-3H3,(H3,30,31,35,36,38,39);1H4/b15-9+,32-16-;. The second-order valence-electron chi connectivity index (χ2n) is 9.19. The van der Waals surface area contributed by atoms with Crippen molar-refractivity contribution in [3.63, 3.8) is 0 Å². The molecule has 1 fully saturated rings. The van der Waals surface area contributed by atoms with Gasteiger partial charge in [0, 0.05) is 46.5 Å². The highest BCUT2D eigenvalue weighted by Crippen LogP contribution is 2.40. The number of oxime groups is 1. The molecule has 0 radical (unpaired) electrons. The summed E-state index contributed by atoms with van der Waals surface area (Å²) >= 11 is 1.36. The molecule has 220 valence electrons. The van der Waals surface area contributed by atoms with Crippen LogP contribution in [0.5, 0.6) is 0 Å². The average Bonchev–Trinajstić information content (AvgIpc) is 3.42. The topological polar surface area (TPSA) is 184 Å². The van der Waals surface area contributed by atoms with Crippen LogP contribution in [-0.4, -0.2) is 63.1 Å². The van der Waals surface area contributed by atoms with Crippen LogP contribution in [0.25, 0.3) is 17.2 Å². The molecular formula is C28H31N7O6S. The Labute approximate surface area is 246 Å². The van der Waals surface area contributed by atoms with Crippen LogP contribution >= 0.6 is 11.8 Å². The number of H-pyrrole nitrogens is 1. The summed E-state index contributed by atoms with van der Waals surface area (Å²) in [5, 5.41) is 28.5. The molecule has 14 heteroatoms. The molecule has 0 aliphatic carbocycles. The highest BCUT2D eigenvalue weighted by molar-refractivity contribution is 8.00. The molecule has 2 aromatic rings. The predicted molar refractivity (Wildman–Crippen MR) is 152 cm³/mol. The first kappa shape index (κ1) is 31.6. The van der Waals surface area contributed by atoms with Gasteiger partial charge in [-0.25, -0.2) is 4.57 Å². The Morgan fingerprint density at radius 3 is 2.64 bits per heavy atom. The maximum Gasteiger partial charge on any atom is 0.269 e. The van der Waals surface area contributed by atoms with Crippen LogP contribution in [-0.2, 0) is 30.6 Å². The zero-order chi connectivity index (χ0) is 29.7. The number of β-lactam (4-membered cyclic amide) rings is 1. The average molecular weight is 594 g/mol. The smallest absolute Gasteiger partial charge is 0.269 e. The van der Waals surface area contributed by atoms with E-state index < -0.39 is 35.1 Å². The van der Waals surface area contributed by atoms with Crippen molar-refractivity contribution in [2.75, 3.05) is 12.4 Å². The number of aliphatic carboxylic acids is 1. The van der Waals surface area contributed by atoms with Gasteiger partial charge in [0.25, 0.3) is 17.7 Å². The molecule has 42 heavy (non-hydrogen) atoms. The molecule has 3 N–H and O–H groups in total. The Morgan fingerprint density at radius 1 is 1.29 bits per heavy atom. The van der Waals surface area contributed by atoms with E-state index in [1.165, 1.54) is 23.6 Å². The van der Waals surface area contributed by atoms with Crippen molar-refractivity contribution in [3.05, 3.63) is 59.3 Å². The van der Waals surface area contributed by atoms with Gasteiger partial charge in [-0.3, -0.25) is 24.6 Å². The van der Waals surface area contributed by atoms with Gasteiger partial charge in [-0.2, -0.15) is 5.26 Å². The van der Waals surface area contributed by atoms with E-state index >= 15 is 0 Å². The lowest BCUT2D eigenvalue weighted by atomic mass is 10.0. The second kappa shape index (κ2) is 13.6. The number of carbonyl (C=O) groups is 4. The van der Waals surface area contributed by atoms with Gasteiger partial charge in [-0.1, -0.05) is 12.6 Å². The SMILES string of the molecule is C.CCO/N=C(/C)C(=O)NC1C(=O)N2C(C(=O)[O-])=C(C[n+]3ccc(-c4c[nH]c(/C=C(\C)C(=O)NC#N)c4)cc3)CSC12. The molecule has 4 rings (SSSR count). The number of hydrogen-bond acceptors (Lipinski definition) is 9. The molecule has 4 heterocycles. The summed E-state index contributed by atoms with van der Waals surface area (Å²) in [6.45, 7) is 5.29. The maximum absolute atomic E-state index is 12.9. The summed E-state index contributed by atoms with van der Waals surface area (Å²) < 4.78 is 1.80. The summed E-state index contributed by atoms with van der Waals surface area (Å²) in [7, 11) is 0. The molecule has 2 atom stereocenters. The van der Waals surface area contributed by atoms with Crippen molar-refractivity contribution in [1.29, 1.82) is 5.26 Å². The van der Waals surface area contributed by atoms with Crippen molar-refractivity contribution in [1.82, 2.24) is 20.5 Å². The van der Waals surface area contributed by atoms with E-state index in [1.54, 1.807) is 49.3 Å². The summed E-state index contributed by atoms with van der Waals surface area (Å²) in [5.74, 6) is -2.71. The van der Waals surface area contributed by atoms with Crippen molar-refractivity contribution in [3.8, 4) is 17.3 Å². The fourth-order valence-corrected chi connectivity index (χ4v) is 5.66. The van der Waals surface area contributed by atoms with Gasteiger partial charge in [0.2, 0.25) is 0 Å². The third-order valence-corrected chi connectivity index (χ3v) is 7.73. The number of thioether (sulfide) groups is 1. The van der Waals surface area contributed by atoms with Crippen LogP contribution in [0.4, 0.5) is 0 Å². The highest BCUT2D eigenvalue weighted by atomic mass is 32.2. The number of nitrogens with zero attached hydrogens (tertiary/aromatic N) is 4. The number of nitrogens with one attached hydrogen (secondary N) is 3. The van der Waals surface area contributed by atoms with E-state index in [9.17, 15) is 24.3 Å². The molecular weight excluding hydrogens is 562 g/mol. The lowest BCUT2D eigenvalue weighted by Crippen LogP contribution is -2.71. The van der Waals surface area contributed by atoms with E-state index in [0.29, 0.717) is 29.2 Å². The van der Waals surface area contributed by atoms with Gasteiger partial charge in [0.05, 0.1) is 11.7 Å². The lowest BCUT2D eigenvalue weighted by Gasteiger charge is -2.50.